The molecule has 0 atom stereocenters. The van der Waals surface area contributed by atoms with Crippen molar-refractivity contribution in [1.29, 1.82) is 0 Å². The Labute approximate surface area is 177 Å². The number of benzene rings is 2. The predicted octanol–water partition coefficient (Wildman–Crippen LogP) is 3.25. The van der Waals surface area contributed by atoms with Crippen molar-refractivity contribution in [2.24, 2.45) is 0 Å². The highest BCUT2D eigenvalue weighted by Crippen LogP contribution is 2.18. The first-order chi connectivity index (χ1) is 14.5. The minimum atomic E-state index is -0.485. The SMILES string of the molecule is C=CCn1c(=O)c2c(ncn2Cc2cccc(OC)c2)n(-c2ccc(Cl)cc2)c1=O. The van der Waals surface area contributed by atoms with E-state index in [1.165, 1.54) is 10.6 Å². The van der Waals surface area contributed by atoms with Gasteiger partial charge in [0.2, 0.25) is 0 Å². The Balaban J connectivity index is 1.96. The second kappa shape index (κ2) is 8.04. The van der Waals surface area contributed by atoms with Crippen LogP contribution < -0.4 is 16.0 Å². The lowest BCUT2D eigenvalue weighted by Crippen LogP contribution is -2.39. The number of fused-ring (bicyclic) bond motifs is 1. The normalized spacial score (nSPS) is 11.0. The molecule has 4 aromatic rings. The molecule has 0 aliphatic carbocycles. The summed E-state index contributed by atoms with van der Waals surface area (Å²) in [6.45, 7) is 4.16. The Bertz CT molecular complexity index is 1350. The van der Waals surface area contributed by atoms with Crippen LogP contribution in [-0.4, -0.2) is 25.8 Å². The van der Waals surface area contributed by atoms with Gasteiger partial charge in [0.05, 0.1) is 19.1 Å². The summed E-state index contributed by atoms with van der Waals surface area (Å²) in [4.78, 5) is 30.7. The van der Waals surface area contributed by atoms with Crippen molar-refractivity contribution in [1.82, 2.24) is 18.7 Å². The van der Waals surface area contributed by atoms with Crippen LogP contribution in [0.5, 0.6) is 5.75 Å². The summed E-state index contributed by atoms with van der Waals surface area (Å²) in [5.74, 6) is 0.721. The number of hydrogen-bond donors (Lipinski definition) is 0. The zero-order valence-corrected chi connectivity index (χ0v) is 17.0. The molecule has 0 radical (unpaired) electrons. The van der Waals surface area contributed by atoms with Gasteiger partial charge in [0.1, 0.15) is 5.75 Å². The molecule has 4 rings (SSSR count). The van der Waals surface area contributed by atoms with Crippen molar-refractivity contribution in [2.75, 3.05) is 7.11 Å². The number of nitrogens with zero attached hydrogens (tertiary/aromatic N) is 4. The van der Waals surface area contributed by atoms with Crippen molar-refractivity contribution in [3.8, 4) is 11.4 Å². The Morgan fingerprint density at radius 3 is 2.63 bits per heavy atom. The number of rotatable bonds is 6. The third-order valence-corrected chi connectivity index (χ3v) is 5.04. The maximum atomic E-state index is 13.2. The van der Waals surface area contributed by atoms with Gasteiger partial charge in [-0.15, -0.1) is 6.58 Å². The highest BCUT2D eigenvalue weighted by atomic mass is 35.5. The summed E-state index contributed by atoms with van der Waals surface area (Å²) in [5, 5.41) is 0.547. The van der Waals surface area contributed by atoms with Crippen LogP contribution in [0, 0.1) is 0 Å². The maximum absolute atomic E-state index is 13.2. The number of allylic oxidation sites excluding steroid dienone is 1. The van der Waals surface area contributed by atoms with Crippen LogP contribution >= 0.6 is 11.6 Å². The van der Waals surface area contributed by atoms with Gasteiger partial charge in [0.25, 0.3) is 5.56 Å². The lowest BCUT2D eigenvalue weighted by atomic mass is 10.2. The summed E-state index contributed by atoms with van der Waals surface area (Å²) in [5.41, 5.74) is 1.22. The number of methoxy groups -OCH3 is 1. The van der Waals surface area contributed by atoms with E-state index in [4.69, 9.17) is 16.3 Å². The number of imidazole rings is 1. The van der Waals surface area contributed by atoms with Crippen LogP contribution in [0.3, 0.4) is 0 Å². The first-order valence-electron chi connectivity index (χ1n) is 9.24. The van der Waals surface area contributed by atoms with Gasteiger partial charge in [0.15, 0.2) is 11.2 Å². The van der Waals surface area contributed by atoms with Crippen molar-refractivity contribution < 1.29 is 4.74 Å². The number of ether oxygens (including phenoxy) is 1. The zero-order chi connectivity index (χ0) is 21.3. The predicted molar refractivity (Wildman–Crippen MR) is 117 cm³/mol. The summed E-state index contributed by atoms with van der Waals surface area (Å²) in [6, 6.07) is 14.4. The van der Waals surface area contributed by atoms with Gasteiger partial charge in [-0.25, -0.2) is 14.3 Å². The Morgan fingerprint density at radius 2 is 1.93 bits per heavy atom. The molecule has 30 heavy (non-hydrogen) atoms. The molecule has 0 amide bonds. The van der Waals surface area contributed by atoms with Crippen LogP contribution in [0.25, 0.3) is 16.9 Å². The molecule has 0 aliphatic rings. The first-order valence-corrected chi connectivity index (χ1v) is 9.61. The van der Waals surface area contributed by atoms with Gasteiger partial charge in [-0.05, 0) is 42.0 Å². The molecule has 7 nitrogen and oxygen atoms in total. The molecule has 0 unspecified atom stereocenters. The lowest BCUT2D eigenvalue weighted by molar-refractivity contribution is 0.414. The van der Waals surface area contributed by atoms with Gasteiger partial charge in [-0.1, -0.05) is 29.8 Å². The summed E-state index contributed by atoms with van der Waals surface area (Å²) < 4.78 is 9.58. The topological polar surface area (TPSA) is 71.0 Å². The largest absolute Gasteiger partial charge is 0.497 e. The van der Waals surface area contributed by atoms with E-state index in [-0.39, 0.29) is 12.2 Å². The highest BCUT2D eigenvalue weighted by molar-refractivity contribution is 6.30. The van der Waals surface area contributed by atoms with E-state index >= 15 is 0 Å². The molecule has 0 fully saturated rings. The van der Waals surface area contributed by atoms with Crippen molar-refractivity contribution >= 4 is 22.8 Å². The summed E-state index contributed by atoms with van der Waals surface area (Å²) in [7, 11) is 1.60. The molecule has 2 aromatic carbocycles. The van der Waals surface area contributed by atoms with E-state index in [1.807, 2.05) is 24.3 Å². The Kier molecular flexibility index (Phi) is 5.29. The number of aromatic nitrogens is 4. The molecular formula is C22H19ClN4O3. The fourth-order valence-corrected chi connectivity index (χ4v) is 3.51. The monoisotopic (exact) mass is 422 g/mol. The van der Waals surface area contributed by atoms with E-state index in [0.29, 0.717) is 22.8 Å². The molecule has 0 saturated heterocycles. The third-order valence-electron chi connectivity index (χ3n) is 4.78. The standard InChI is InChI=1S/C22H19ClN4O3/c1-3-11-26-21(28)19-20(27(22(26)29)17-9-7-16(23)8-10-17)24-14-25(19)13-15-5-4-6-18(12-15)30-2/h3-10,12,14H,1,11,13H2,2H3. The molecule has 0 aliphatic heterocycles. The number of halogens is 1. The van der Waals surface area contributed by atoms with Gasteiger partial charge >= 0.3 is 5.69 Å². The summed E-state index contributed by atoms with van der Waals surface area (Å²) >= 11 is 6.00. The maximum Gasteiger partial charge on any atom is 0.337 e. The molecule has 2 aromatic heterocycles. The highest BCUT2D eigenvalue weighted by Gasteiger charge is 2.19. The van der Waals surface area contributed by atoms with Gasteiger partial charge < -0.3 is 9.30 Å². The van der Waals surface area contributed by atoms with E-state index in [0.717, 1.165) is 15.9 Å². The van der Waals surface area contributed by atoms with E-state index in [9.17, 15) is 9.59 Å². The van der Waals surface area contributed by atoms with Gasteiger partial charge in [0, 0.05) is 18.1 Å². The quantitative estimate of drug-likeness (QED) is 0.447. The van der Waals surface area contributed by atoms with Gasteiger partial charge in [-0.3, -0.25) is 9.36 Å². The Morgan fingerprint density at radius 1 is 1.17 bits per heavy atom. The van der Waals surface area contributed by atoms with Crippen LogP contribution in [0.1, 0.15) is 5.56 Å². The first kappa shape index (κ1) is 19.7. The smallest absolute Gasteiger partial charge is 0.337 e. The second-order valence-electron chi connectivity index (χ2n) is 6.70. The van der Waals surface area contributed by atoms with Crippen LogP contribution in [0.15, 0.2) is 77.1 Å². The third kappa shape index (κ3) is 3.44. The van der Waals surface area contributed by atoms with Crippen LogP contribution in [-0.2, 0) is 13.1 Å². The molecule has 2 heterocycles. The molecule has 8 heteroatoms. The van der Waals surface area contributed by atoms with Crippen molar-refractivity contribution in [3.05, 3.63) is 98.9 Å². The molecule has 0 N–H and O–H groups in total. The number of hydrogen-bond acceptors (Lipinski definition) is 4. The summed E-state index contributed by atoms with van der Waals surface area (Å²) in [6.07, 6.45) is 3.08. The fourth-order valence-electron chi connectivity index (χ4n) is 3.38. The lowest BCUT2D eigenvalue weighted by Gasteiger charge is -2.12. The molecule has 0 saturated carbocycles. The van der Waals surface area contributed by atoms with Crippen LogP contribution in [0.4, 0.5) is 0 Å². The molecule has 152 valence electrons. The molecule has 0 spiro atoms. The minimum absolute atomic E-state index is 0.0888. The van der Waals surface area contributed by atoms with Crippen molar-refractivity contribution in [2.45, 2.75) is 13.1 Å². The van der Waals surface area contributed by atoms with E-state index in [2.05, 4.69) is 11.6 Å². The van der Waals surface area contributed by atoms with Gasteiger partial charge in [-0.2, -0.15) is 0 Å². The van der Waals surface area contributed by atoms with E-state index in [1.54, 1.807) is 42.3 Å². The average molecular weight is 423 g/mol. The minimum Gasteiger partial charge on any atom is -0.497 e. The fraction of sp³-hybridized carbons (Fsp3) is 0.136. The molecule has 0 bridgehead atoms. The van der Waals surface area contributed by atoms with Crippen molar-refractivity contribution in [3.63, 3.8) is 0 Å². The van der Waals surface area contributed by atoms with Crippen LogP contribution in [0.2, 0.25) is 5.02 Å². The second-order valence-corrected chi connectivity index (χ2v) is 7.13. The van der Waals surface area contributed by atoms with E-state index < -0.39 is 11.2 Å². The Hall–Kier alpha value is -3.58. The zero-order valence-electron chi connectivity index (χ0n) is 16.3. The average Bonchev–Trinajstić information content (AvgIpc) is 3.16. The molecular weight excluding hydrogens is 404 g/mol.